The van der Waals surface area contributed by atoms with Crippen LogP contribution in [-0.4, -0.2) is 123 Å². The van der Waals surface area contributed by atoms with Gasteiger partial charge in [-0.2, -0.15) is 0 Å². The summed E-state index contributed by atoms with van der Waals surface area (Å²) in [7, 11) is 8.68. The van der Waals surface area contributed by atoms with Crippen LogP contribution in [0.25, 0.3) is 0 Å². The third kappa shape index (κ3) is 11.5. The number of benzene rings is 1. The van der Waals surface area contributed by atoms with Gasteiger partial charge in [-0.3, -0.25) is 24.1 Å². The van der Waals surface area contributed by atoms with Crippen molar-refractivity contribution in [3.8, 4) is 0 Å². The van der Waals surface area contributed by atoms with E-state index < -0.39 is 30.2 Å². The van der Waals surface area contributed by atoms with E-state index in [1.54, 1.807) is 26.2 Å². The predicted octanol–water partition coefficient (Wildman–Crippen LogP) is 4.94. The number of rotatable bonds is 20. The van der Waals surface area contributed by atoms with Gasteiger partial charge in [0.2, 0.25) is 23.6 Å². The molecule has 52 heavy (non-hydrogen) atoms. The highest BCUT2D eigenvalue weighted by Gasteiger charge is 2.43. The van der Waals surface area contributed by atoms with Gasteiger partial charge in [0, 0.05) is 39.8 Å². The Kier molecular flexibility index (Phi) is 18.2. The Morgan fingerprint density at radius 3 is 1.98 bits per heavy atom. The van der Waals surface area contributed by atoms with E-state index in [0.717, 1.165) is 24.8 Å². The number of nitrogens with zero attached hydrogens (tertiary/aromatic N) is 3. The second-order valence-corrected chi connectivity index (χ2v) is 16.0. The Hall–Kier alpha value is -3.02. The van der Waals surface area contributed by atoms with Crippen LogP contribution in [-0.2, 0) is 28.7 Å². The molecule has 10 atom stereocenters. The van der Waals surface area contributed by atoms with Crippen LogP contribution < -0.4 is 10.6 Å². The predicted molar refractivity (Wildman–Crippen MR) is 208 cm³/mol. The minimum atomic E-state index is -0.741. The number of hydrogen-bond donors (Lipinski definition) is 2. The van der Waals surface area contributed by atoms with Crippen molar-refractivity contribution in [2.24, 2.45) is 23.7 Å². The van der Waals surface area contributed by atoms with Crippen LogP contribution in [0.4, 0.5) is 0 Å². The van der Waals surface area contributed by atoms with E-state index in [0.29, 0.717) is 6.54 Å². The molecule has 0 saturated carbocycles. The molecule has 1 fully saturated rings. The van der Waals surface area contributed by atoms with E-state index in [-0.39, 0.29) is 71.8 Å². The number of nitrogens with one attached hydrogen (secondary N) is 2. The monoisotopic (exact) mass is 730 g/mol. The first-order valence-corrected chi connectivity index (χ1v) is 19.4. The van der Waals surface area contributed by atoms with Gasteiger partial charge < -0.3 is 29.9 Å². The number of carbonyl (C=O) groups excluding carboxylic acids is 4. The summed E-state index contributed by atoms with van der Waals surface area (Å²) in [5.74, 6) is -1.06. The van der Waals surface area contributed by atoms with Crippen LogP contribution in [0.5, 0.6) is 0 Å². The highest BCUT2D eigenvalue weighted by molar-refractivity contribution is 5.90. The summed E-state index contributed by atoms with van der Waals surface area (Å²) in [6, 6.07) is 8.21. The van der Waals surface area contributed by atoms with Gasteiger partial charge in [-0.25, -0.2) is 0 Å². The van der Waals surface area contributed by atoms with Gasteiger partial charge in [-0.1, -0.05) is 92.1 Å². The van der Waals surface area contributed by atoms with Crippen molar-refractivity contribution in [2.75, 3.05) is 41.9 Å². The Bertz CT molecular complexity index is 1270. The van der Waals surface area contributed by atoms with Gasteiger partial charge in [0.05, 0.1) is 42.7 Å². The maximum absolute atomic E-state index is 14.2. The number of likely N-dealkylation sites (N-methyl/N-ethyl adjacent to an activating group) is 2. The first-order valence-electron chi connectivity index (χ1n) is 19.4. The fourth-order valence-electron chi connectivity index (χ4n) is 7.94. The number of likely N-dealkylation sites (tertiary alicyclic amines) is 1. The zero-order valence-electron chi connectivity index (χ0n) is 34.6. The molecule has 0 bridgehead atoms. The molecule has 1 aromatic carbocycles. The lowest BCUT2D eigenvalue weighted by Crippen LogP contribution is -2.59. The third-order valence-corrected chi connectivity index (χ3v) is 11.4. The highest BCUT2D eigenvalue weighted by Crippen LogP contribution is 2.30. The molecular weight excluding hydrogens is 658 g/mol. The highest BCUT2D eigenvalue weighted by atomic mass is 16.5. The largest absolute Gasteiger partial charge is 0.379 e. The molecule has 11 heteroatoms. The van der Waals surface area contributed by atoms with Crippen molar-refractivity contribution >= 4 is 23.6 Å². The SMILES string of the molecule is CC[C@H](C)[C@@H]([C@@H](CC(=O)N1CCC[C@H]1[C@H](OC)[C@@H](C)C(=O)N[C@H](C)[C@@H](C)c1ccccc1)OC)N(C)C(=O)[C@@H](NC(=O)C(C(C)C)N(C)C)C(C)C. The van der Waals surface area contributed by atoms with Gasteiger partial charge in [-0.15, -0.1) is 0 Å². The fourth-order valence-corrected chi connectivity index (χ4v) is 7.94. The van der Waals surface area contributed by atoms with Gasteiger partial charge in [0.1, 0.15) is 6.04 Å². The van der Waals surface area contributed by atoms with E-state index in [9.17, 15) is 19.2 Å². The molecule has 0 aromatic heterocycles. The van der Waals surface area contributed by atoms with Crippen molar-refractivity contribution in [3.63, 3.8) is 0 Å². The van der Waals surface area contributed by atoms with Crippen molar-refractivity contribution in [1.82, 2.24) is 25.3 Å². The van der Waals surface area contributed by atoms with E-state index in [1.165, 1.54) is 0 Å². The van der Waals surface area contributed by atoms with Gasteiger partial charge >= 0.3 is 0 Å². The lowest BCUT2D eigenvalue weighted by atomic mass is 9.89. The Balaban J connectivity index is 2.25. The van der Waals surface area contributed by atoms with Gasteiger partial charge in [0.25, 0.3) is 0 Å². The summed E-state index contributed by atoms with van der Waals surface area (Å²) in [6.07, 6.45) is 1.27. The van der Waals surface area contributed by atoms with Crippen LogP contribution in [0.2, 0.25) is 0 Å². The summed E-state index contributed by atoms with van der Waals surface area (Å²) < 4.78 is 12.0. The third-order valence-electron chi connectivity index (χ3n) is 11.4. The minimum Gasteiger partial charge on any atom is -0.379 e. The zero-order chi connectivity index (χ0) is 39.4. The Morgan fingerprint density at radius 1 is 0.865 bits per heavy atom. The first-order chi connectivity index (χ1) is 24.4. The molecule has 1 saturated heterocycles. The summed E-state index contributed by atoms with van der Waals surface area (Å²) in [5.41, 5.74) is 1.16. The first kappa shape index (κ1) is 45.1. The molecular formula is C41H71N5O6. The number of amides is 4. The van der Waals surface area contributed by atoms with Crippen LogP contribution in [0.15, 0.2) is 30.3 Å². The molecule has 2 N–H and O–H groups in total. The minimum absolute atomic E-state index is 0.00508. The van der Waals surface area contributed by atoms with Crippen molar-refractivity contribution in [2.45, 2.75) is 136 Å². The molecule has 11 nitrogen and oxygen atoms in total. The number of methoxy groups -OCH3 is 2. The summed E-state index contributed by atoms with van der Waals surface area (Å²) in [4.78, 5) is 60.8. The van der Waals surface area contributed by atoms with E-state index in [4.69, 9.17) is 9.47 Å². The zero-order valence-corrected chi connectivity index (χ0v) is 34.6. The standard InChI is InChI=1S/C41H71N5O6/c1-15-27(6)37(45(12)41(50)35(25(2)3)43-40(49)36(26(4)5)44(10)11)33(51-13)24-34(47)46-23-19-22-32(46)38(52-14)29(8)39(48)42-30(9)28(7)31-20-17-16-18-21-31/h16-18,20-21,25-30,32-33,35-38H,15,19,22-24H2,1-14H3,(H,42,48)(H,43,49)/t27-,28+,29+,30+,32-,33+,35-,36?,37-,38+/m0/s1. The second kappa shape index (κ2) is 21.0. The summed E-state index contributed by atoms with van der Waals surface area (Å²) in [5, 5.41) is 6.25. The lowest BCUT2D eigenvalue weighted by molar-refractivity contribution is -0.148. The lowest BCUT2D eigenvalue weighted by Gasteiger charge is -2.41. The number of hydrogen-bond acceptors (Lipinski definition) is 7. The molecule has 1 unspecified atom stereocenters. The summed E-state index contributed by atoms with van der Waals surface area (Å²) in [6.45, 7) is 18.5. The second-order valence-electron chi connectivity index (χ2n) is 16.0. The molecule has 0 spiro atoms. The molecule has 1 aromatic rings. The average Bonchev–Trinajstić information content (AvgIpc) is 3.59. The number of carbonyl (C=O) groups is 4. The Morgan fingerprint density at radius 2 is 1.48 bits per heavy atom. The van der Waals surface area contributed by atoms with Gasteiger partial charge in [0.15, 0.2) is 0 Å². The normalized spacial score (nSPS) is 20.1. The van der Waals surface area contributed by atoms with Crippen LogP contribution in [0.3, 0.4) is 0 Å². The molecule has 1 aliphatic rings. The fraction of sp³-hybridized carbons (Fsp3) is 0.756. The van der Waals surface area contributed by atoms with E-state index in [1.807, 2.05) is 83.6 Å². The van der Waals surface area contributed by atoms with Crippen molar-refractivity contribution in [3.05, 3.63) is 35.9 Å². The Labute approximate surface area is 314 Å². The molecule has 296 valence electrons. The quantitative estimate of drug-likeness (QED) is 0.195. The van der Waals surface area contributed by atoms with Crippen LogP contribution in [0, 0.1) is 23.7 Å². The van der Waals surface area contributed by atoms with Crippen molar-refractivity contribution < 1.29 is 28.7 Å². The number of ether oxygens (including phenoxy) is 2. The van der Waals surface area contributed by atoms with E-state index >= 15 is 0 Å². The topological polar surface area (TPSA) is 121 Å². The van der Waals surface area contributed by atoms with Gasteiger partial charge in [-0.05, 0) is 57.2 Å². The maximum atomic E-state index is 14.2. The molecule has 2 rings (SSSR count). The molecule has 4 amide bonds. The van der Waals surface area contributed by atoms with Crippen molar-refractivity contribution in [1.29, 1.82) is 0 Å². The van der Waals surface area contributed by atoms with Crippen LogP contribution in [0.1, 0.15) is 99.5 Å². The van der Waals surface area contributed by atoms with E-state index in [2.05, 4.69) is 43.5 Å². The average molecular weight is 730 g/mol. The maximum Gasteiger partial charge on any atom is 0.245 e. The molecule has 1 aliphatic heterocycles. The molecule has 0 aliphatic carbocycles. The smallest absolute Gasteiger partial charge is 0.245 e. The summed E-state index contributed by atoms with van der Waals surface area (Å²) >= 11 is 0. The molecule has 0 radical (unpaired) electrons. The molecule has 1 heterocycles. The van der Waals surface area contributed by atoms with Crippen LogP contribution >= 0.6 is 0 Å².